The molecule has 2 aliphatic heterocycles. The summed E-state index contributed by atoms with van der Waals surface area (Å²) in [5, 5.41) is 10.0. The summed E-state index contributed by atoms with van der Waals surface area (Å²) in [4.78, 5) is 2.61. The number of para-hydroxylation sites is 6. The van der Waals surface area contributed by atoms with Crippen molar-refractivity contribution < 1.29 is 0 Å². The molecule has 11 aromatic carbocycles. The number of hydrogen-bond donors (Lipinski definition) is 0. The zero-order valence-electron chi connectivity index (χ0n) is 52.6. The smallest absolute Gasteiger partial charge is 0.0990 e. The van der Waals surface area contributed by atoms with Gasteiger partial charge in [-0.3, -0.25) is 0 Å². The van der Waals surface area contributed by atoms with E-state index in [4.69, 9.17) is 0 Å². The Hall–Kier alpha value is -9.58. The van der Waals surface area contributed by atoms with Gasteiger partial charge in [-0.25, -0.2) is 0 Å². The van der Waals surface area contributed by atoms with Gasteiger partial charge in [0.2, 0.25) is 0 Å². The van der Waals surface area contributed by atoms with Gasteiger partial charge in [0.1, 0.15) is 0 Å². The molecule has 0 spiro atoms. The first-order valence-electron chi connectivity index (χ1n) is 31.6. The number of hydrogen-bond acceptors (Lipinski definition) is 1. The molecule has 0 radical (unpaired) electrons. The number of nitrogens with zero attached hydrogens (tertiary/aromatic N) is 5. The summed E-state index contributed by atoms with van der Waals surface area (Å²) in [7, 11) is 0. The Balaban J connectivity index is 1.26. The van der Waals surface area contributed by atoms with Gasteiger partial charge in [-0.15, -0.1) is 0 Å². The van der Waals surface area contributed by atoms with Crippen LogP contribution >= 0.6 is 0 Å². The molecule has 88 heavy (non-hydrogen) atoms. The Bertz CT molecular complexity index is 5030. The van der Waals surface area contributed by atoms with Crippen molar-refractivity contribution in [2.75, 3.05) is 4.90 Å². The number of anilines is 3. The topological polar surface area (TPSA) is 23.0 Å². The van der Waals surface area contributed by atoms with Gasteiger partial charge < -0.3 is 23.2 Å². The molecule has 0 atom stereocenters. The normalized spacial score (nSPS) is 13.6. The lowest BCUT2D eigenvalue weighted by Gasteiger charge is -2.42. The Morgan fingerprint density at radius 3 is 0.920 bits per heavy atom. The molecule has 5 heteroatoms. The highest BCUT2D eigenvalue weighted by Crippen LogP contribution is 2.63. The van der Waals surface area contributed by atoms with Crippen LogP contribution in [0, 0.1) is 0 Å². The van der Waals surface area contributed by atoms with Crippen LogP contribution in [0.5, 0.6) is 0 Å². The van der Waals surface area contributed by atoms with Crippen molar-refractivity contribution in [2.24, 2.45) is 0 Å². The molecular formula is C83H73N5. The van der Waals surface area contributed by atoms with Gasteiger partial charge >= 0.3 is 0 Å². The maximum atomic E-state index is 2.76. The molecule has 6 heterocycles. The first-order chi connectivity index (χ1) is 42.3. The molecule has 15 aromatic rings. The van der Waals surface area contributed by atoms with Crippen molar-refractivity contribution in [2.45, 2.75) is 111 Å². The minimum atomic E-state index is -0.216. The van der Waals surface area contributed by atoms with Gasteiger partial charge in [0.05, 0.1) is 72.6 Å². The summed E-state index contributed by atoms with van der Waals surface area (Å²) in [6, 6.07) is 84.3. The maximum absolute atomic E-state index is 2.76. The van der Waals surface area contributed by atoms with Crippen LogP contribution in [0.2, 0.25) is 0 Å². The van der Waals surface area contributed by atoms with Crippen LogP contribution in [0.25, 0.3) is 110 Å². The summed E-state index contributed by atoms with van der Waals surface area (Å²) < 4.78 is 10.9. The second-order valence-electron chi connectivity index (χ2n) is 29.4. The Labute approximate surface area is 515 Å². The van der Waals surface area contributed by atoms with Gasteiger partial charge in [0.25, 0.3) is 0 Å². The van der Waals surface area contributed by atoms with Crippen LogP contribution in [-0.2, 0) is 21.7 Å². The van der Waals surface area contributed by atoms with E-state index in [1.54, 1.807) is 0 Å². The summed E-state index contributed by atoms with van der Waals surface area (Å²) in [5.41, 5.74) is 26.2. The van der Waals surface area contributed by atoms with Crippen LogP contribution in [0.3, 0.4) is 0 Å². The quantitative estimate of drug-likeness (QED) is 0.168. The second-order valence-corrected chi connectivity index (χ2v) is 29.4. The third kappa shape index (κ3) is 7.28. The zero-order chi connectivity index (χ0) is 60.2. The molecule has 0 bridgehead atoms. The van der Waals surface area contributed by atoms with E-state index in [9.17, 15) is 0 Å². The van der Waals surface area contributed by atoms with E-state index >= 15 is 0 Å². The number of rotatable bonds is 5. The minimum absolute atomic E-state index is 0.0926. The average molecular weight is 1140 g/mol. The largest absolute Gasteiger partial charge is 0.306 e. The molecule has 0 unspecified atom stereocenters. The fourth-order valence-corrected chi connectivity index (χ4v) is 15.5. The maximum Gasteiger partial charge on any atom is 0.0990 e. The average Bonchev–Trinajstić information content (AvgIpc) is 1.37. The van der Waals surface area contributed by atoms with Crippen LogP contribution in [0.1, 0.15) is 128 Å². The fraction of sp³-hybridized carbons (Fsp3) is 0.205. The van der Waals surface area contributed by atoms with Crippen molar-refractivity contribution in [3.05, 3.63) is 257 Å². The number of aromatic nitrogens is 4. The highest BCUT2D eigenvalue weighted by Gasteiger charge is 2.46. The van der Waals surface area contributed by atoms with Crippen molar-refractivity contribution in [3.63, 3.8) is 0 Å². The molecule has 430 valence electrons. The molecule has 0 saturated heterocycles. The van der Waals surface area contributed by atoms with E-state index in [1.165, 1.54) is 115 Å². The highest BCUT2D eigenvalue weighted by atomic mass is 15.2. The monoisotopic (exact) mass is 1140 g/mol. The Morgan fingerprint density at radius 2 is 0.580 bits per heavy atom. The lowest BCUT2D eigenvalue weighted by atomic mass is 9.73. The van der Waals surface area contributed by atoms with Gasteiger partial charge in [-0.05, 0) is 140 Å². The van der Waals surface area contributed by atoms with Crippen molar-refractivity contribution >= 4 is 104 Å². The lowest BCUT2D eigenvalue weighted by Crippen LogP contribution is -2.28. The minimum Gasteiger partial charge on any atom is -0.306 e. The van der Waals surface area contributed by atoms with Crippen molar-refractivity contribution in [1.82, 2.24) is 18.3 Å². The zero-order valence-corrected chi connectivity index (χ0v) is 52.6. The van der Waals surface area contributed by atoms with E-state index < -0.39 is 0 Å². The summed E-state index contributed by atoms with van der Waals surface area (Å²) >= 11 is 0. The number of benzene rings is 11. The molecule has 5 nitrogen and oxygen atoms in total. The number of fused-ring (bicyclic) bond motifs is 16. The Morgan fingerprint density at radius 1 is 0.273 bits per heavy atom. The molecule has 0 amide bonds. The van der Waals surface area contributed by atoms with E-state index in [0.717, 1.165) is 50.5 Å². The van der Waals surface area contributed by atoms with Crippen LogP contribution < -0.4 is 4.90 Å². The van der Waals surface area contributed by atoms with Crippen molar-refractivity contribution in [3.8, 4) is 22.7 Å². The highest BCUT2D eigenvalue weighted by molar-refractivity contribution is 6.20. The first kappa shape index (κ1) is 52.7. The third-order valence-electron chi connectivity index (χ3n) is 19.9. The third-order valence-corrected chi connectivity index (χ3v) is 19.9. The van der Waals surface area contributed by atoms with Crippen molar-refractivity contribution in [1.29, 1.82) is 0 Å². The second kappa shape index (κ2) is 18.0. The molecule has 4 aromatic heterocycles. The summed E-state index contributed by atoms with van der Waals surface area (Å²) in [5.74, 6) is -0.216. The lowest BCUT2D eigenvalue weighted by molar-refractivity contribution is 0.588. The summed E-state index contributed by atoms with van der Waals surface area (Å²) in [6.07, 6.45) is 0. The molecular weight excluding hydrogens is 1070 g/mol. The molecule has 17 rings (SSSR count). The van der Waals surface area contributed by atoms with Gasteiger partial charge in [0.15, 0.2) is 0 Å². The van der Waals surface area contributed by atoms with Gasteiger partial charge in [-0.2, -0.15) is 0 Å². The molecule has 2 aliphatic rings. The fourth-order valence-electron chi connectivity index (χ4n) is 15.5. The van der Waals surface area contributed by atoms with Crippen LogP contribution in [0.15, 0.2) is 218 Å². The molecule has 0 fully saturated rings. The SMILES string of the molecule is CC(C)(C)c1ccc2c(c1)c1cc(C(C)(C)C)cc3c1n2-c1c2c(c(-n4c5ccccc5c5ccccc54)c(N(c4ccccc4)c4ccccc4)c1-n1c4ccccc4c4ccccc41)-n1c4ccc(C(C)(C)C)cc4c4cc(C(C)(C)C)cc(c41)C23. The van der Waals surface area contributed by atoms with Crippen LogP contribution in [0.4, 0.5) is 17.1 Å². The molecule has 0 aliphatic carbocycles. The van der Waals surface area contributed by atoms with Gasteiger partial charge in [-0.1, -0.05) is 217 Å². The standard InChI is InChI=1S/C83H73N5/c1-80(2,3)49-39-41-69-59(43-49)61-45-51(82(7,8)9)47-63-71-64-48-52(83(10,11)12)46-62-60-44-50(81(4,5)6)40-42-70(60)88(74(62)64)76-72(71)75(87(69)73(61)63)77(85-65-35-23-19-31-55(65)56-32-20-24-36-66(56)85)79(84(53-27-15-13-16-28-53)54-29-17-14-18-30-54)78(76)86-67-37-25-21-33-57(67)58-34-22-26-38-68(58)86/h13-48,71H,1-12H3. The predicted octanol–water partition coefficient (Wildman–Crippen LogP) is 22.5. The van der Waals surface area contributed by atoms with E-state index in [0.29, 0.717) is 0 Å². The Kier molecular flexibility index (Phi) is 10.8. The van der Waals surface area contributed by atoms with Gasteiger partial charge in [0, 0.05) is 65.9 Å². The molecule has 0 N–H and O–H groups in total. The van der Waals surface area contributed by atoms with E-state index in [2.05, 4.69) is 325 Å². The predicted molar refractivity (Wildman–Crippen MR) is 374 cm³/mol. The van der Waals surface area contributed by atoms with Crippen LogP contribution in [-0.4, -0.2) is 18.3 Å². The molecule has 0 saturated carbocycles. The van der Waals surface area contributed by atoms with E-state index in [-0.39, 0.29) is 27.6 Å². The first-order valence-corrected chi connectivity index (χ1v) is 31.6. The summed E-state index contributed by atoms with van der Waals surface area (Å²) in [6.45, 7) is 28.6. The van der Waals surface area contributed by atoms with E-state index in [1.807, 2.05) is 0 Å².